The molecule has 2 rings (SSSR count). The van der Waals surface area contributed by atoms with E-state index in [1.54, 1.807) is 4.68 Å². The zero-order valence-electron chi connectivity index (χ0n) is 11.2. The van der Waals surface area contributed by atoms with Crippen molar-refractivity contribution in [3.05, 3.63) is 52.3 Å². The van der Waals surface area contributed by atoms with E-state index in [-0.39, 0.29) is 0 Å². The molecule has 1 aromatic heterocycles. The minimum Gasteiger partial charge on any atom is -0.257 e. The van der Waals surface area contributed by atoms with Crippen LogP contribution in [0.1, 0.15) is 16.8 Å². The zero-order chi connectivity index (χ0) is 13.8. The van der Waals surface area contributed by atoms with Gasteiger partial charge < -0.3 is 0 Å². The van der Waals surface area contributed by atoms with Crippen molar-refractivity contribution >= 4 is 27.5 Å². The molecule has 0 saturated carbocycles. The van der Waals surface area contributed by atoms with Crippen LogP contribution in [0.5, 0.6) is 0 Å². The number of alkyl halides is 1. The third-order valence-corrected chi connectivity index (χ3v) is 4.74. The molecule has 0 spiro atoms. The van der Waals surface area contributed by atoms with Gasteiger partial charge in [-0.1, -0.05) is 57.9 Å². The van der Waals surface area contributed by atoms with Gasteiger partial charge >= 0.3 is 0 Å². The van der Waals surface area contributed by atoms with Crippen molar-refractivity contribution in [2.45, 2.75) is 19.8 Å². The Kier molecular flexibility index (Phi) is 5.06. The molecule has 0 N–H and O–H groups in total. The lowest BCUT2D eigenvalue weighted by Crippen LogP contribution is -2.10. The van der Waals surface area contributed by atoms with Gasteiger partial charge in [-0.3, -0.25) is 4.68 Å². The summed E-state index contributed by atoms with van der Waals surface area (Å²) in [5, 5.41) is 6.10. The highest BCUT2D eigenvalue weighted by Crippen LogP contribution is 2.24. The molecule has 102 valence electrons. The summed E-state index contributed by atoms with van der Waals surface area (Å²) in [4.78, 5) is 0. The molecule has 4 heteroatoms. The molecule has 0 saturated heterocycles. The molecular weight excluding hydrogens is 324 g/mol. The monoisotopic (exact) mass is 340 g/mol. The summed E-state index contributed by atoms with van der Waals surface area (Å²) in [6.07, 6.45) is 2.01. The highest BCUT2D eigenvalue weighted by molar-refractivity contribution is 9.09. The van der Waals surface area contributed by atoms with E-state index in [0.29, 0.717) is 5.92 Å². The Bertz CT molecular complexity index is 537. The summed E-state index contributed by atoms with van der Waals surface area (Å²) in [7, 11) is 1.89. The van der Waals surface area contributed by atoms with Crippen LogP contribution < -0.4 is 0 Å². The fourth-order valence-corrected chi connectivity index (χ4v) is 3.03. The summed E-state index contributed by atoms with van der Waals surface area (Å²) in [6, 6.07) is 10.6. The number of rotatable bonds is 5. The van der Waals surface area contributed by atoms with Crippen LogP contribution in [0.25, 0.3) is 0 Å². The average molecular weight is 342 g/mol. The maximum atomic E-state index is 6.30. The lowest BCUT2D eigenvalue weighted by atomic mass is 9.94. The van der Waals surface area contributed by atoms with Crippen LogP contribution in [0.3, 0.4) is 0 Å². The summed E-state index contributed by atoms with van der Waals surface area (Å²) < 4.78 is 1.75. The standard InChI is InChI=1S/C15H18BrClN2/c1-11-14(15(17)19(2)18-11)9-13(10-16)8-12-6-4-3-5-7-12/h3-7,13H,8-10H2,1-2H3. The maximum Gasteiger partial charge on any atom is 0.130 e. The van der Waals surface area contributed by atoms with Crippen molar-refractivity contribution in [1.29, 1.82) is 0 Å². The summed E-state index contributed by atoms with van der Waals surface area (Å²) in [5.74, 6) is 0.530. The van der Waals surface area contributed by atoms with Gasteiger partial charge in [-0.25, -0.2) is 0 Å². The van der Waals surface area contributed by atoms with E-state index < -0.39 is 0 Å². The van der Waals surface area contributed by atoms with E-state index in [4.69, 9.17) is 11.6 Å². The largest absolute Gasteiger partial charge is 0.257 e. The first-order valence-corrected chi connectivity index (χ1v) is 7.89. The molecule has 1 heterocycles. The Morgan fingerprint density at radius 3 is 2.47 bits per heavy atom. The van der Waals surface area contributed by atoms with Gasteiger partial charge in [-0.2, -0.15) is 5.10 Å². The number of hydrogen-bond acceptors (Lipinski definition) is 1. The fourth-order valence-electron chi connectivity index (χ4n) is 2.32. The summed E-state index contributed by atoms with van der Waals surface area (Å²) in [6.45, 7) is 2.02. The third kappa shape index (κ3) is 3.61. The van der Waals surface area contributed by atoms with Crippen molar-refractivity contribution in [2.75, 3.05) is 5.33 Å². The van der Waals surface area contributed by atoms with Gasteiger partial charge in [0, 0.05) is 17.9 Å². The Hall–Kier alpha value is -0.800. The normalized spacial score (nSPS) is 12.6. The second-order valence-electron chi connectivity index (χ2n) is 4.89. The highest BCUT2D eigenvalue weighted by atomic mass is 79.9. The van der Waals surface area contributed by atoms with Gasteiger partial charge in [0.1, 0.15) is 5.15 Å². The lowest BCUT2D eigenvalue weighted by molar-refractivity contribution is 0.589. The van der Waals surface area contributed by atoms with E-state index in [1.165, 1.54) is 11.1 Å². The van der Waals surface area contributed by atoms with E-state index in [2.05, 4.69) is 51.4 Å². The molecule has 1 unspecified atom stereocenters. The molecule has 0 aliphatic rings. The number of benzene rings is 1. The van der Waals surface area contributed by atoms with Crippen molar-refractivity contribution in [3.8, 4) is 0 Å². The van der Waals surface area contributed by atoms with Crippen LogP contribution in [0.15, 0.2) is 30.3 Å². The minimum absolute atomic E-state index is 0.530. The molecular formula is C15H18BrClN2. The molecule has 0 aliphatic heterocycles. The van der Waals surface area contributed by atoms with Gasteiger partial charge in [-0.15, -0.1) is 0 Å². The topological polar surface area (TPSA) is 17.8 Å². The quantitative estimate of drug-likeness (QED) is 0.746. The first-order chi connectivity index (χ1) is 9.11. The SMILES string of the molecule is Cc1nn(C)c(Cl)c1CC(CBr)Cc1ccccc1. The Morgan fingerprint density at radius 2 is 1.95 bits per heavy atom. The lowest BCUT2D eigenvalue weighted by Gasteiger charge is -2.14. The van der Waals surface area contributed by atoms with E-state index >= 15 is 0 Å². The number of aromatic nitrogens is 2. The molecule has 0 bridgehead atoms. The second kappa shape index (κ2) is 6.58. The van der Waals surface area contributed by atoms with Crippen molar-refractivity contribution < 1.29 is 0 Å². The summed E-state index contributed by atoms with van der Waals surface area (Å²) in [5.41, 5.74) is 3.57. The number of nitrogens with zero attached hydrogens (tertiary/aromatic N) is 2. The number of aryl methyl sites for hydroxylation is 2. The highest BCUT2D eigenvalue weighted by Gasteiger charge is 2.17. The first kappa shape index (κ1) is 14.6. The van der Waals surface area contributed by atoms with Crippen molar-refractivity contribution in [2.24, 2.45) is 13.0 Å². The van der Waals surface area contributed by atoms with E-state index in [1.807, 2.05) is 14.0 Å². The van der Waals surface area contributed by atoms with E-state index in [9.17, 15) is 0 Å². The van der Waals surface area contributed by atoms with Gasteiger partial charge in [0.05, 0.1) is 5.69 Å². The van der Waals surface area contributed by atoms with Crippen LogP contribution >= 0.6 is 27.5 Å². The summed E-state index contributed by atoms with van der Waals surface area (Å²) >= 11 is 9.92. The molecule has 1 aromatic carbocycles. The Morgan fingerprint density at radius 1 is 1.26 bits per heavy atom. The van der Waals surface area contributed by atoms with E-state index in [0.717, 1.165) is 29.0 Å². The molecule has 0 aliphatic carbocycles. The average Bonchev–Trinajstić information content (AvgIpc) is 2.65. The van der Waals surface area contributed by atoms with Gasteiger partial charge in [-0.05, 0) is 31.2 Å². The molecule has 2 aromatic rings. The molecule has 19 heavy (non-hydrogen) atoms. The number of halogens is 2. The molecule has 0 radical (unpaired) electrons. The second-order valence-corrected chi connectivity index (χ2v) is 5.90. The van der Waals surface area contributed by atoms with Gasteiger partial charge in [0.15, 0.2) is 0 Å². The molecule has 1 atom stereocenters. The van der Waals surface area contributed by atoms with Crippen LogP contribution in [0, 0.1) is 12.8 Å². The van der Waals surface area contributed by atoms with Crippen LogP contribution in [-0.2, 0) is 19.9 Å². The van der Waals surface area contributed by atoms with Gasteiger partial charge in [0.25, 0.3) is 0 Å². The predicted molar refractivity (Wildman–Crippen MR) is 84.1 cm³/mol. The number of hydrogen-bond donors (Lipinski definition) is 0. The fraction of sp³-hybridized carbons (Fsp3) is 0.400. The Balaban J connectivity index is 2.11. The van der Waals surface area contributed by atoms with Gasteiger partial charge in [0.2, 0.25) is 0 Å². The molecule has 0 fully saturated rings. The third-order valence-electron chi connectivity index (χ3n) is 3.35. The van der Waals surface area contributed by atoms with Crippen molar-refractivity contribution in [1.82, 2.24) is 9.78 Å². The molecule has 2 nitrogen and oxygen atoms in total. The zero-order valence-corrected chi connectivity index (χ0v) is 13.6. The van der Waals surface area contributed by atoms with Crippen molar-refractivity contribution in [3.63, 3.8) is 0 Å². The maximum absolute atomic E-state index is 6.30. The Labute approximate surface area is 127 Å². The predicted octanol–water partition coefficient (Wildman–Crippen LogP) is 4.18. The first-order valence-electron chi connectivity index (χ1n) is 6.39. The van der Waals surface area contributed by atoms with Crippen LogP contribution in [-0.4, -0.2) is 15.1 Å². The van der Waals surface area contributed by atoms with Crippen LogP contribution in [0.2, 0.25) is 5.15 Å². The molecule has 0 amide bonds. The van der Waals surface area contributed by atoms with Crippen LogP contribution in [0.4, 0.5) is 0 Å². The minimum atomic E-state index is 0.530. The smallest absolute Gasteiger partial charge is 0.130 e.